The summed E-state index contributed by atoms with van der Waals surface area (Å²) in [7, 11) is 1.60. The highest BCUT2D eigenvalue weighted by molar-refractivity contribution is 5.39. The Balaban J connectivity index is 2.46. The lowest BCUT2D eigenvalue weighted by atomic mass is 9.99. The first-order chi connectivity index (χ1) is 9.58. The van der Waals surface area contributed by atoms with E-state index >= 15 is 0 Å². The molecule has 0 spiro atoms. The predicted octanol–water partition coefficient (Wildman–Crippen LogP) is 2.80. The molecule has 1 aromatic heterocycles. The summed E-state index contributed by atoms with van der Waals surface area (Å²) in [6.07, 6.45) is 2.62. The van der Waals surface area contributed by atoms with Crippen LogP contribution in [0.25, 0.3) is 0 Å². The van der Waals surface area contributed by atoms with Gasteiger partial charge in [0.2, 0.25) is 0 Å². The van der Waals surface area contributed by atoms with Gasteiger partial charge in [0.15, 0.2) is 5.75 Å². The van der Waals surface area contributed by atoms with Crippen molar-refractivity contribution in [2.75, 3.05) is 7.11 Å². The second-order valence-corrected chi connectivity index (χ2v) is 4.80. The van der Waals surface area contributed by atoms with Crippen molar-refractivity contribution in [3.05, 3.63) is 47.0 Å². The fourth-order valence-electron chi connectivity index (χ4n) is 2.37. The van der Waals surface area contributed by atoms with Gasteiger partial charge in [0.25, 0.3) is 0 Å². The molecule has 0 aliphatic carbocycles. The van der Waals surface area contributed by atoms with Crippen molar-refractivity contribution in [3.63, 3.8) is 0 Å². The lowest BCUT2D eigenvalue weighted by molar-refractivity contribution is 0.404. The number of nitrogens with two attached hydrogens (primary N) is 1. The Labute approximate surface area is 118 Å². The number of nitrogens with zero attached hydrogens (tertiary/aromatic N) is 2. The number of methoxy groups -OCH3 is 1. The smallest absolute Gasteiger partial charge is 0.161 e. The highest BCUT2D eigenvalue weighted by Gasteiger charge is 2.21. The fourth-order valence-corrected chi connectivity index (χ4v) is 2.37. The molecule has 20 heavy (non-hydrogen) atoms. The molecule has 0 amide bonds. The number of hydrogen-bond acceptors (Lipinski definition) is 3. The van der Waals surface area contributed by atoms with Gasteiger partial charge in [-0.15, -0.1) is 0 Å². The van der Waals surface area contributed by atoms with Gasteiger partial charge in [0.05, 0.1) is 19.3 Å². The van der Waals surface area contributed by atoms with E-state index < -0.39 is 0 Å². The van der Waals surface area contributed by atoms with Crippen LogP contribution in [0.4, 0.5) is 4.39 Å². The molecule has 108 valence electrons. The number of benzene rings is 1. The number of aryl methyl sites for hydroxylation is 2. The lowest BCUT2D eigenvalue weighted by Gasteiger charge is -2.18. The number of ether oxygens (including phenoxy) is 1. The van der Waals surface area contributed by atoms with Crippen LogP contribution in [0.15, 0.2) is 24.4 Å². The molecule has 2 aromatic rings. The number of aromatic nitrogens is 2. The molecule has 1 unspecified atom stereocenters. The minimum absolute atomic E-state index is 0.257. The highest BCUT2D eigenvalue weighted by atomic mass is 19.1. The molecule has 0 aliphatic heterocycles. The van der Waals surface area contributed by atoms with Gasteiger partial charge < -0.3 is 10.5 Å². The van der Waals surface area contributed by atoms with E-state index in [-0.39, 0.29) is 11.9 Å². The largest absolute Gasteiger partial charge is 0.493 e. The third-order valence-corrected chi connectivity index (χ3v) is 3.36. The molecule has 5 heteroatoms. The third kappa shape index (κ3) is 2.67. The molecule has 0 radical (unpaired) electrons. The van der Waals surface area contributed by atoms with Crippen molar-refractivity contribution in [2.24, 2.45) is 5.73 Å². The van der Waals surface area contributed by atoms with Crippen molar-refractivity contribution < 1.29 is 9.13 Å². The second-order valence-electron chi connectivity index (χ2n) is 4.80. The van der Waals surface area contributed by atoms with Crippen molar-refractivity contribution in [1.29, 1.82) is 0 Å². The van der Waals surface area contributed by atoms with Crippen LogP contribution >= 0.6 is 0 Å². The Morgan fingerprint density at radius 1 is 1.45 bits per heavy atom. The van der Waals surface area contributed by atoms with Gasteiger partial charge in [-0.2, -0.15) is 5.10 Å². The number of halogens is 1. The minimum atomic E-state index is -0.389. The molecule has 1 aromatic carbocycles. The summed E-state index contributed by atoms with van der Waals surface area (Å²) in [4.78, 5) is 0. The summed E-state index contributed by atoms with van der Waals surface area (Å²) < 4.78 is 20.4. The monoisotopic (exact) mass is 277 g/mol. The average Bonchev–Trinajstić information content (AvgIpc) is 2.81. The van der Waals surface area contributed by atoms with E-state index in [4.69, 9.17) is 10.5 Å². The Bertz CT molecular complexity index is 595. The molecular weight excluding hydrogens is 257 g/mol. The maximum absolute atomic E-state index is 13.2. The summed E-state index contributed by atoms with van der Waals surface area (Å²) in [6, 6.07) is 4.25. The number of hydrogen-bond donors (Lipinski definition) is 1. The molecule has 0 bridgehead atoms. The van der Waals surface area contributed by atoms with Gasteiger partial charge in [-0.25, -0.2) is 4.39 Å². The third-order valence-electron chi connectivity index (χ3n) is 3.36. The molecular formula is C15H20FN3O. The van der Waals surface area contributed by atoms with Crippen molar-refractivity contribution in [3.8, 4) is 5.75 Å². The normalized spacial score (nSPS) is 12.4. The van der Waals surface area contributed by atoms with E-state index in [1.807, 2.05) is 11.6 Å². The zero-order valence-electron chi connectivity index (χ0n) is 12.1. The molecule has 2 rings (SSSR count). The van der Waals surface area contributed by atoms with Crippen LogP contribution in [0.2, 0.25) is 0 Å². The molecule has 0 saturated heterocycles. The maximum Gasteiger partial charge on any atom is 0.161 e. The maximum atomic E-state index is 13.2. The lowest BCUT2D eigenvalue weighted by Crippen LogP contribution is -2.19. The Kier molecular flexibility index (Phi) is 4.39. The zero-order valence-corrected chi connectivity index (χ0v) is 12.1. The molecule has 2 N–H and O–H groups in total. The topological polar surface area (TPSA) is 53.1 Å². The highest BCUT2D eigenvalue weighted by Crippen LogP contribution is 2.30. The second kappa shape index (κ2) is 6.05. The van der Waals surface area contributed by atoms with Crippen molar-refractivity contribution in [2.45, 2.75) is 32.9 Å². The van der Waals surface area contributed by atoms with Crippen LogP contribution in [-0.2, 0) is 6.54 Å². The van der Waals surface area contributed by atoms with Gasteiger partial charge in [-0.1, -0.05) is 13.0 Å². The predicted molar refractivity (Wildman–Crippen MR) is 76.2 cm³/mol. The Morgan fingerprint density at radius 2 is 2.20 bits per heavy atom. The van der Waals surface area contributed by atoms with Crippen LogP contribution in [0.3, 0.4) is 0 Å². The molecule has 1 heterocycles. The van der Waals surface area contributed by atoms with E-state index in [0.29, 0.717) is 5.75 Å². The number of rotatable bonds is 5. The summed E-state index contributed by atoms with van der Waals surface area (Å²) in [6.45, 7) is 4.70. The van der Waals surface area contributed by atoms with Gasteiger partial charge in [-0.3, -0.25) is 4.68 Å². The minimum Gasteiger partial charge on any atom is -0.493 e. The summed E-state index contributed by atoms with van der Waals surface area (Å²) in [5, 5.41) is 4.31. The Hall–Kier alpha value is -1.88. The standard InChI is InChI=1S/C15H20FN3O/c1-4-7-19-15(13(20-3)9-18-19)14(17)12-6-5-11(16)8-10(12)2/h5-6,8-9,14H,4,7,17H2,1-3H3. The van der Waals surface area contributed by atoms with Crippen LogP contribution in [0, 0.1) is 12.7 Å². The van der Waals surface area contributed by atoms with E-state index in [1.165, 1.54) is 12.1 Å². The van der Waals surface area contributed by atoms with Gasteiger partial charge in [0, 0.05) is 6.54 Å². The molecule has 0 saturated carbocycles. The van der Waals surface area contributed by atoms with Crippen molar-refractivity contribution in [1.82, 2.24) is 9.78 Å². The van der Waals surface area contributed by atoms with Gasteiger partial charge in [-0.05, 0) is 36.6 Å². The Morgan fingerprint density at radius 3 is 2.80 bits per heavy atom. The van der Waals surface area contributed by atoms with Gasteiger partial charge in [0.1, 0.15) is 11.5 Å². The van der Waals surface area contributed by atoms with Crippen molar-refractivity contribution >= 4 is 0 Å². The summed E-state index contributed by atoms with van der Waals surface area (Å²) >= 11 is 0. The van der Waals surface area contributed by atoms with Crippen LogP contribution in [-0.4, -0.2) is 16.9 Å². The summed E-state index contributed by atoms with van der Waals surface area (Å²) in [5.74, 6) is 0.405. The molecule has 0 aliphatic rings. The first-order valence-electron chi connectivity index (χ1n) is 6.69. The van der Waals surface area contributed by atoms with Crippen LogP contribution < -0.4 is 10.5 Å². The van der Waals surface area contributed by atoms with E-state index in [0.717, 1.165) is 29.8 Å². The zero-order chi connectivity index (χ0) is 14.7. The van der Waals surface area contributed by atoms with E-state index in [2.05, 4.69) is 12.0 Å². The van der Waals surface area contributed by atoms with Gasteiger partial charge >= 0.3 is 0 Å². The van der Waals surface area contributed by atoms with E-state index in [1.54, 1.807) is 19.4 Å². The first-order valence-corrected chi connectivity index (χ1v) is 6.69. The van der Waals surface area contributed by atoms with Crippen LogP contribution in [0.5, 0.6) is 5.75 Å². The van der Waals surface area contributed by atoms with Crippen LogP contribution in [0.1, 0.15) is 36.2 Å². The quantitative estimate of drug-likeness (QED) is 0.914. The SMILES string of the molecule is CCCn1ncc(OC)c1C(N)c1ccc(F)cc1C. The summed E-state index contributed by atoms with van der Waals surface area (Å²) in [5.41, 5.74) is 8.88. The first kappa shape index (κ1) is 14.5. The molecule has 0 fully saturated rings. The average molecular weight is 277 g/mol. The molecule has 1 atom stereocenters. The molecule has 4 nitrogen and oxygen atoms in total. The fraction of sp³-hybridized carbons (Fsp3) is 0.400. The van der Waals surface area contributed by atoms with E-state index in [9.17, 15) is 4.39 Å².